The summed E-state index contributed by atoms with van der Waals surface area (Å²) in [6.45, 7) is 5.01. The van der Waals surface area contributed by atoms with Gasteiger partial charge in [0.25, 0.3) is 5.91 Å². The number of phenolic OH excluding ortho intramolecular Hbond substituents is 1. The average molecular weight is 681 g/mol. The lowest BCUT2D eigenvalue weighted by molar-refractivity contribution is -0.171. The maximum atomic E-state index is 13.7. The number of aromatic amines is 1. The number of nitrogens with zero attached hydrogens (tertiary/aromatic N) is 2. The minimum Gasteiger partial charge on any atom is -0.506 e. The molecule has 2 atom stereocenters. The Labute approximate surface area is 290 Å². The summed E-state index contributed by atoms with van der Waals surface area (Å²) in [7, 11) is 0. The summed E-state index contributed by atoms with van der Waals surface area (Å²) in [5.41, 5.74) is 1.18. The molecule has 0 radical (unpaired) electrons. The molecule has 0 spiro atoms. The number of hydrogen-bond donors (Lipinski definition) is 4. The summed E-state index contributed by atoms with van der Waals surface area (Å²) in [6, 6.07) is 22.9. The van der Waals surface area contributed by atoms with E-state index in [4.69, 9.17) is 9.47 Å². The number of H-pyrrole nitrogens is 1. The molecule has 262 valence electrons. The van der Waals surface area contributed by atoms with E-state index in [1.165, 1.54) is 12.1 Å². The number of aromatic nitrogens is 1. The van der Waals surface area contributed by atoms with Gasteiger partial charge in [-0.15, -0.1) is 0 Å². The Morgan fingerprint density at radius 1 is 0.960 bits per heavy atom. The number of phenols is 1. The van der Waals surface area contributed by atoms with Crippen LogP contribution in [0.1, 0.15) is 53.3 Å². The monoisotopic (exact) mass is 680 g/mol. The highest BCUT2D eigenvalue weighted by atomic mass is 16.5. The van der Waals surface area contributed by atoms with Crippen LogP contribution >= 0.6 is 0 Å². The number of fused-ring (bicyclic) bond motifs is 4. The summed E-state index contributed by atoms with van der Waals surface area (Å²) in [5, 5.41) is 24.6. The van der Waals surface area contributed by atoms with E-state index in [1.54, 1.807) is 41.3 Å². The molecule has 50 heavy (non-hydrogen) atoms. The summed E-state index contributed by atoms with van der Waals surface area (Å²) >= 11 is 0. The molecule has 4 N–H and O–H groups in total. The van der Waals surface area contributed by atoms with E-state index in [0.29, 0.717) is 53.4 Å². The number of aromatic hydroxyl groups is 1. The molecular weight excluding hydrogens is 636 g/mol. The molecule has 4 saturated heterocycles. The summed E-state index contributed by atoms with van der Waals surface area (Å²) < 4.78 is 12.1. The van der Waals surface area contributed by atoms with Crippen molar-refractivity contribution in [2.45, 2.75) is 43.3 Å². The molecule has 0 unspecified atom stereocenters. The van der Waals surface area contributed by atoms with Gasteiger partial charge in [0.05, 0.1) is 18.2 Å². The first-order chi connectivity index (χ1) is 24.3. The molecule has 4 aromatic rings. The number of benzene rings is 3. The SMILES string of the molecule is O=C(c1ccc(OCCCCNC[C@H](O)c2ccc(O)c3[nH]c(=O)ccc23)cc1)N1CC(C(=O)O[C@H]2CN3CCC2CC3)(c2ccccc2)C1. The number of esters is 1. The van der Waals surface area contributed by atoms with Crippen LogP contribution in [0, 0.1) is 5.92 Å². The van der Waals surface area contributed by atoms with Crippen LogP contribution in [0.15, 0.2) is 83.7 Å². The zero-order valence-electron chi connectivity index (χ0n) is 28.1. The summed E-state index contributed by atoms with van der Waals surface area (Å²) in [4.78, 5) is 45.5. The van der Waals surface area contributed by atoms with Crippen molar-refractivity contribution in [3.63, 3.8) is 0 Å². The number of pyridine rings is 1. The van der Waals surface area contributed by atoms with Gasteiger partial charge < -0.3 is 34.9 Å². The number of piperidine rings is 3. The van der Waals surface area contributed by atoms with E-state index < -0.39 is 11.5 Å². The average Bonchev–Trinajstić information content (AvgIpc) is 3.12. The van der Waals surface area contributed by atoms with E-state index in [0.717, 1.165) is 50.9 Å². The number of carbonyl (C=O) groups excluding carboxylic acids is 2. The van der Waals surface area contributed by atoms with Crippen LogP contribution in [0.5, 0.6) is 11.5 Å². The van der Waals surface area contributed by atoms with Gasteiger partial charge in [0.1, 0.15) is 23.0 Å². The standard InChI is InChI=1S/C39H44N4O7/c44-32-14-12-30(31-13-15-35(46)41-36(31)32)33(45)22-40-18-4-5-21-49-29-10-8-27(9-11-29)37(47)43-24-39(25-43,28-6-2-1-3-7-28)38(48)50-34-23-42-19-16-26(34)17-20-42/h1-3,6-15,26,33-34,40,44-45H,4-5,16-25H2,(H,41,46)/t33-,34-/m0/s1. The summed E-state index contributed by atoms with van der Waals surface area (Å²) in [5.74, 6) is 0.695. The molecule has 5 heterocycles. The molecular formula is C39H44N4O7. The fourth-order valence-corrected chi connectivity index (χ4v) is 7.55. The molecule has 3 aromatic carbocycles. The van der Waals surface area contributed by atoms with Crippen LogP contribution in [0.25, 0.3) is 10.9 Å². The fourth-order valence-electron chi connectivity index (χ4n) is 7.55. The predicted molar refractivity (Wildman–Crippen MR) is 188 cm³/mol. The van der Waals surface area contributed by atoms with Gasteiger partial charge in [0.15, 0.2) is 0 Å². The van der Waals surface area contributed by atoms with Gasteiger partial charge in [-0.25, -0.2) is 0 Å². The number of nitrogens with one attached hydrogen (secondary N) is 2. The maximum absolute atomic E-state index is 13.7. The Morgan fingerprint density at radius 3 is 2.44 bits per heavy atom. The van der Waals surface area contributed by atoms with Crippen molar-refractivity contribution < 1.29 is 29.3 Å². The summed E-state index contributed by atoms with van der Waals surface area (Å²) in [6.07, 6.45) is 2.85. The Morgan fingerprint density at radius 2 is 1.72 bits per heavy atom. The Balaban J connectivity index is 0.856. The lowest BCUT2D eigenvalue weighted by atomic mass is 9.73. The minimum absolute atomic E-state index is 0.0395. The van der Waals surface area contributed by atoms with Crippen LogP contribution in [0.4, 0.5) is 0 Å². The van der Waals surface area contributed by atoms with E-state index in [2.05, 4.69) is 15.2 Å². The highest BCUT2D eigenvalue weighted by Crippen LogP contribution is 2.39. The molecule has 4 aliphatic heterocycles. The molecule has 11 heteroatoms. The predicted octanol–water partition coefficient (Wildman–Crippen LogP) is 3.75. The number of unbranched alkanes of at least 4 members (excludes halogenated alkanes) is 1. The van der Waals surface area contributed by atoms with E-state index in [1.807, 2.05) is 30.3 Å². The zero-order chi connectivity index (χ0) is 34.7. The van der Waals surface area contributed by atoms with Gasteiger partial charge in [-0.1, -0.05) is 36.4 Å². The first-order valence-corrected chi connectivity index (χ1v) is 17.6. The van der Waals surface area contributed by atoms with Gasteiger partial charge in [0.2, 0.25) is 5.56 Å². The van der Waals surface area contributed by atoms with Crippen LogP contribution in [-0.4, -0.2) is 95.4 Å². The first kappa shape index (κ1) is 33.8. The number of likely N-dealkylation sites (tertiary alicyclic amines) is 1. The first-order valence-electron chi connectivity index (χ1n) is 17.6. The number of rotatable bonds is 13. The molecule has 4 fully saturated rings. The zero-order valence-corrected chi connectivity index (χ0v) is 28.1. The van der Waals surface area contributed by atoms with Crippen LogP contribution in [0.3, 0.4) is 0 Å². The topological polar surface area (TPSA) is 144 Å². The smallest absolute Gasteiger partial charge is 0.320 e. The maximum Gasteiger partial charge on any atom is 0.320 e. The number of amides is 1. The van der Waals surface area contributed by atoms with Crippen molar-refractivity contribution in [2.24, 2.45) is 5.92 Å². The molecule has 4 aliphatic rings. The van der Waals surface area contributed by atoms with Crippen molar-refractivity contribution in [2.75, 3.05) is 52.4 Å². The molecule has 0 aliphatic carbocycles. The van der Waals surface area contributed by atoms with Gasteiger partial charge in [0, 0.05) is 43.2 Å². The number of ether oxygens (including phenoxy) is 2. The Bertz CT molecular complexity index is 1870. The lowest BCUT2D eigenvalue weighted by Crippen LogP contribution is -2.66. The largest absolute Gasteiger partial charge is 0.506 e. The highest BCUT2D eigenvalue weighted by Gasteiger charge is 2.54. The molecule has 1 amide bonds. The van der Waals surface area contributed by atoms with Crippen LogP contribution in [0.2, 0.25) is 0 Å². The number of aliphatic hydroxyl groups excluding tert-OH is 1. The van der Waals surface area contributed by atoms with Crippen molar-refractivity contribution in [3.8, 4) is 11.5 Å². The van der Waals surface area contributed by atoms with Crippen LogP contribution in [-0.2, 0) is 14.9 Å². The van der Waals surface area contributed by atoms with Crippen LogP contribution < -0.4 is 15.6 Å². The Hall–Kier alpha value is -4.71. The number of carbonyl (C=O) groups is 2. The lowest BCUT2D eigenvalue weighted by Gasteiger charge is -2.50. The second kappa shape index (κ2) is 14.6. The van der Waals surface area contributed by atoms with Gasteiger partial charge in [-0.2, -0.15) is 0 Å². The fraction of sp³-hybridized carbons (Fsp3) is 0.410. The van der Waals surface area contributed by atoms with Crippen molar-refractivity contribution in [1.29, 1.82) is 0 Å². The quantitative estimate of drug-likeness (QED) is 0.123. The number of aliphatic hydroxyl groups is 1. The van der Waals surface area contributed by atoms with Crippen molar-refractivity contribution in [3.05, 3.63) is 106 Å². The van der Waals surface area contributed by atoms with Gasteiger partial charge >= 0.3 is 5.97 Å². The molecule has 2 bridgehead atoms. The molecule has 1 aromatic heterocycles. The van der Waals surface area contributed by atoms with E-state index >= 15 is 0 Å². The third-order valence-corrected chi connectivity index (χ3v) is 10.5. The minimum atomic E-state index is -0.861. The second-order valence-corrected chi connectivity index (χ2v) is 13.8. The van der Waals surface area contributed by atoms with Crippen molar-refractivity contribution >= 4 is 22.8 Å². The highest BCUT2D eigenvalue weighted by molar-refractivity contribution is 5.98. The van der Waals surface area contributed by atoms with Gasteiger partial charge in [-0.3, -0.25) is 19.3 Å². The molecule has 8 rings (SSSR count). The third kappa shape index (κ3) is 6.98. The Kier molecular flexibility index (Phi) is 9.89. The number of hydrogen-bond acceptors (Lipinski definition) is 9. The van der Waals surface area contributed by atoms with E-state index in [-0.39, 0.29) is 42.4 Å². The van der Waals surface area contributed by atoms with Gasteiger partial charge in [-0.05, 0) is 98.8 Å². The molecule has 11 nitrogen and oxygen atoms in total. The van der Waals surface area contributed by atoms with E-state index in [9.17, 15) is 24.6 Å². The van der Waals surface area contributed by atoms with Crippen molar-refractivity contribution in [1.82, 2.24) is 20.1 Å². The molecule has 0 saturated carbocycles. The third-order valence-electron chi connectivity index (χ3n) is 10.5. The second-order valence-electron chi connectivity index (χ2n) is 13.8. The normalized spacial score (nSPS) is 21.4.